The van der Waals surface area contributed by atoms with E-state index in [1.165, 1.54) is 0 Å². The fraction of sp³-hybridized carbons (Fsp3) is 0.222. The molecule has 0 unspecified atom stereocenters. The lowest BCUT2D eigenvalue weighted by Gasteiger charge is -2.15. The highest BCUT2D eigenvalue weighted by atomic mass is 16.5. The van der Waals surface area contributed by atoms with Crippen LogP contribution in [0.5, 0.6) is 23.1 Å². The number of methoxy groups -OCH3 is 3. The molecule has 0 saturated heterocycles. The van der Waals surface area contributed by atoms with Crippen LogP contribution in [0.4, 0.5) is 0 Å². The van der Waals surface area contributed by atoms with Gasteiger partial charge in [-0.05, 0) is 42.8 Å². The maximum atomic E-state index is 13.3. The third-order valence-corrected chi connectivity index (χ3v) is 5.47. The Morgan fingerprint density at radius 3 is 2.37 bits per heavy atom. The van der Waals surface area contributed by atoms with E-state index < -0.39 is 0 Å². The molecule has 4 rings (SSSR count). The van der Waals surface area contributed by atoms with Crippen LogP contribution < -0.4 is 24.3 Å². The number of pyridine rings is 2. The molecular weight excluding hydrogens is 446 g/mol. The van der Waals surface area contributed by atoms with Gasteiger partial charge >= 0.3 is 0 Å². The van der Waals surface area contributed by atoms with Gasteiger partial charge in [0.15, 0.2) is 11.5 Å². The molecule has 0 atom stereocenters. The number of ether oxygens (including phenoxy) is 4. The second-order valence-electron chi connectivity index (χ2n) is 7.60. The summed E-state index contributed by atoms with van der Waals surface area (Å²) in [5.41, 5.74) is 3.44. The van der Waals surface area contributed by atoms with Gasteiger partial charge in [-0.1, -0.05) is 18.2 Å². The lowest BCUT2D eigenvalue weighted by Crippen LogP contribution is -2.23. The van der Waals surface area contributed by atoms with Gasteiger partial charge in [-0.25, -0.2) is 9.97 Å². The Morgan fingerprint density at radius 2 is 1.69 bits per heavy atom. The molecular formula is C27H27N3O5. The van der Waals surface area contributed by atoms with Gasteiger partial charge in [0, 0.05) is 29.8 Å². The zero-order valence-electron chi connectivity index (χ0n) is 20.1. The summed E-state index contributed by atoms with van der Waals surface area (Å²) in [4.78, 5) is 22.3. The molecule has 8 nitrogen and oxygen atoms in total. The van der Waals surface area contributed by atoms with Gasteiger partial charge in [0.2, 0.25) is 11.6 Å². The average Bonchev–Trinajstić information content (AvgIpc) is 2.90. The van der Waals surface area contributed by atoms with Crippen molar-refractivity contribution < 1.29 is 23.7 Å². The average molecular weight is 474 g/mol. The number of hydrogen-bond donors (Lipinski definition) is 1. The monoisotopic (exact) mass is 473 g/mol. The number of carbonyl (C=O) groups excluding carboxylic acids is 1. The molecule has 0 spiro atoms. The number of benzene rings is 2. The van der Waals surface area contributed by atoms with Crippen molar-refractivity contribution in [3.8, 4) is 34.4 Å². The Kier molecular flexibility index (Phi) is 7.30. The number of para-hydroxylation sites is 1. The summed E-state index contributed by atoms with van der Waals surface area (Å²) >= 11 is 0. The van der Waals surface area contributed by atoms with Crippen molar-refractivity contribution in [2.75, 3.05) is 27.9 Å². The third-order valence-electron chi connectivity index (χ3n) is 5.47. The van der Waals surface area contributed by atoms with Crippen LogP contribution in [-0.2, 0) is 6.54 Å². The third kappa shape index (κ3) is 5.11. The summed E-state index contributed by atoms with van der Waals surface area (Å²) in [6.45, 7) is 2.75. The quantitative estimate of drug-likeness (QED) is 0.378. The fourth-order valence-electron chi connectivity index (χ4n) is 3.80. The lowest BCUT2D eigenvalue weighted by molar-refractivity contribution is 0.0952. The Bertz CT molecular complexity index is 1330. The number of amides is 1. The van der Waals surface area contributed by atoms with E-state index in [1.54, 1.807) is 33.6 Å². The topological polar surface area (TPSA) is 91.8 Å². The molecule has 2 aromatic heterocycles. The van der Waals surface area contributed by atoms with Crippen molar-refractivity contribution in [1.29, 1.82) is 0 Å². The molecule has 0 aliphatic rings. The largest absolute Gasteiger partial charge is 0.493 e. The molecule has 8 heteroatoms. The maximum Gasteiger partial charge on any atom is 0.252 e. The van der Waals surface area contributed by atoms with Crippen LogP contribution in [0.3, 0.4) is 0 Å². The van der Waals surface area contributed by atoms with E-state index in [9.17, 15) is 4.79 Å². The highest BCUT2D eigenvalue weighted by molar-refractivity contribution is 6.07. The Balaban J connectivity index is 1.72. The first kappa shape index (κ1) is 23.8. The van der Waals surface area contributed by atoms with Crippen molar-refractivity contribution in [2.24, 2.45) is 0 Å². The Labute approximate surface area is 203 Å². The van der Waals surface area contributed by atoms with Crippen molar-refractivity contribution >= 4 is 16.8 Å². The van der Waals surface area contributed by atoms with Gasteiger partial charge in [-0.2, -0.15) is 0 Å². The van der Waals surface area contributed by atoms with Gasteiger partial charge in [0.25, 0.3) is 5.91 Å². The molecule has 35 heavy (non-hydrogen) atoms. The summed E-state index contributed by atoms with van der Waals surface area (Å²) in [6, 6.07) is 16.6. The molecule has 0 bridgehead atoms. The minimum Gasteiger partial charge on any atom is -0.493 e. The van der Waals surface area contributed by atoms with Crippen LogP contribution >= 0.6 is 0 Å². The number of carbonyl (C=O) groups is 1. The molecule has 2 aromatic carbocycles. The summed E-state index contributed by atoms with van der Waals surface area (Å²) in [7, 11) is 4.67. The van der Waals surface area contributed by atoms with Crippen molar-refractivity contribution in [3.05, 3.63) is 71.9 Å². The van der Waals surface area contributed by atoms with Crippen molar-refractivity contribution in [2.45, 2.75) is 13.5 Å². The van der Waals surface area contributed by atoms with Crippen LogP contribution in [0.15, 0.2) is 60.8 Å². The number of fused-ring (bicyclic) bond motifs is 1. The van der Waals surface area contributed by atoms with Crippen LogP contribution in [0, 0.1) is 0 Å². The Hall–Kier alpha value is -4.33. The van der Waals surface area contributed by atoms with Crippen molar-refractivity contribution in [3.63, 3.8) is 0 Å². The SMILES string of the molecule is CCOc1cc(CNC(=O)c2cc(-c3cc(OC)c(OC)c(OC)c3)nc3ccccc23)ccn1. The second kappa shape index (κ2) is 10.7. The summed E-state index contributed by atoms with van der Waals surface area (Å²) in [6.07, 6.45) is 1.66. The first-order valence-corrected chi connectivity index (χ1v) is 11.1. The predicted octanol–water partition coefficient (Wildman–Crippen LogP) is 4.65. The normalized spacial score (nSPS) is 10.6. The standard InChI is InChI=1S/C27H27N3O5/c1-5-35-25-12-17(10-11-28-25)16-29-27(31)20-15-22(30-21-9-7-6-8-19(20)21)18-13-23(32-2)26(34-4)24(14-18)33-3/h6-15H,5,16H2,1-4H3,(H,29,31). The summed E-state index contributed by atoms with van der Waals surface area (Å²) in [5, 5.41) is 3.75. The molecule has 1 N–H and O–H groups in total. The van der Waals surface area contributed by atoms with Crippen LogP contribution in [-0.4, -0.2) is 43.8 Å². The molecule has 0 saturated carbocycles. The van der Waals surface area contributed by atoms with E-state index in [4.69, 9.17) is 23.9 Å². The van der Waals surface area contributed by atoms with Crippen LogP contribution in [0.1, 0.15) is 22.8 Å². The van der Waals surface area contributed by atoms with Gasteiger partial charge in [-0.3, -0.25) is 4.79 Å². The zero-order valence-corrected chi connectivity index (χ0v) is 20.1. The predicted molar refractivity (Wildman–Crippen MR) is 133 cm³/mol. The molecule has 180 valence electrons. The number of nitrogens with one attached hydrogen (secondary N) is 1. The van der Waals surface area contributed by atoms with E-state index in [0.717, 1.165) is 16.5 Å². The molecule has 0 radical (unpaired) electrons. The van der Waals surface area contributed by atoms with E-state index in [-0.39, 0.29) is 5.91 Å². The Morgan fingerprint density at radius 1 is 0.943 bits per heavy atom. The van der Waals surface area contributed by atoms with Crippen molar-refractivity contribution in [1.82, 2.24) is 15.3 Å². The van der Waals surface area contributed by atoms with E-state index in [2.05, 4.69) is 10.3 Å². The van der Waals surface area contributed by atoms with E-state index in [0.29, 0.717) is 53.1 Å². The van der Waals surface area contributed by atoms with Gasteiger partial charge in [0.1, 0.15) is 0 Å². The van der Waals surface area contributed by atoms with Gasteiger partial charge in [0.05, 0.1) is 44.7 Å². The second-order valence-corrected chi connectivity index (χ2v) is 7.60. The highest BCUT2D eigenvalue weighted by Gasteiger charge is 2.18. The molecule has 1 amide bonds. The van der Waals surface area contributed by atoms with Crippen LogP contribution in [0.25, 0.3) is 22.2 Å². The molecule has 4 aromatic rings. The molecule has 0 fully saturated rings. The minimum atomic E-state index is -0.216. The molecule has 0 aliphatic heterocycles. The minimum absolute atomic E-state index is 0.216. The van der Waals surface area contributed by atoms with Gasteiger partial charge < -0.3 is 24.3 Å². The first-order valence-electron chi connectivity index (χ1n) is 11.1. The highest BCUT2D eigenvalue weighted by Crippen LogP contribution is 2.41. The maximum absolute atomic E-state index is 13.3. The smallest absolute Gasteiger partial charge is 0.252 e. The van der Waals surface area contributed by atoms with Crippen LogP contribution in [0.2, 0.25) is 0 Å². The lowest BCUT2D eigenvalue weighted by atomic mass is 10.0. The molecule has 0 aliphatic carbocycles. The number of aromatic nitrogens is 2. The zero-order chi connectivity index (χ0) is 24.8. The van der Waals surface area contributed by atoms with E-state index >= 15 is 0 Å². The number of rotatable bonds is 9. The number of nitrogens with zero attached hydrogens (tertiary/aromatic N) is 2. The number of hydrogen-bond acceptors (Lipinski definition) is 7. The fourth-order valence-corrected chi connectivity index (χ4v) is 3.80. The molecule has 2 heterocycles. The summed E-state index contributed by atoms with van der Waals surface area (Å²) in [5.74, 6) is 1.81. The first-order chi connectivity index (χ1) is 17.1. The van der Waals surface area contributed by atoms with E-state index in [1.807, 2.05) is 55.5 Å². The summed E-state index contributed by atoms with van der Waals surface area (Å²) < 4.78 is 21.9. The van der Waals surface area contributed by atoms with Gasteiger partial charge in [-0.15, -0.1) is 0 Å².